The van der Waals surface area contributed by atoms with Crippen LogP contribution in [-0.2, 0) is 11.2 Å². The summed E-state index contributed by atoms with van der Waals surface area (Å²) in [5.74, 6) is 0.569. The standard InChI is InChI=1S/C15H17N3O2S/c1-9(2)10-6-7-11-12(8-10)21-15-17-16-13(18(11)15)4-3-5-14(19)20/h6-9H,3-5H2,1-2H3,(H,19,20). The first-order valence-electron chi connectivity index (χ1n) is 7.04. The number of carbonyl (C=O) groups is 1. The molecule has 0 saturated heterocycles. The molecule has 5 nitrogen and oxygen atoms in total. The maximum Gasteiger partial charge on any atom is 0.303 e. The molecule has 0 atom stereocenters. The SMILES string of the molecule is CC(C)c1ccc2c(c1)sc1nnc(CCCC(=O)O)n12. The van der Waals surface area contributed by atoms with E-state index in [0.29, 0.717) is 18.8 Å². The number of hydrogen-bond acceptors (Lipinski definition) is 4. The normalized spacial score (nSPS) is 11.8. The lowest BCUT2D eigenvalue weighted by atomic mass is 10.0. The van der Waals surface area contributed by atoms with E-state index in [4.69, 9.17) is 5.11 Å². The molecule has 21 heavy (non-hydrogen) atoms. The largest absolute Gasteiger partial charge is 0.481 e. The van der Waals surface area contributed by atoms with Crippen molar-refractivity contribution in [1.82, 2.24) is 14.6 Å². The Labute approximate surface area is 126 Å². The molecule has 0 aliphatic carbocycles. The molecule has 3 aromatic rings. The molecule has 0 aliphatic rings. The summed E-state index contributed by atoms with van der Waals surface area (Å²) < 4.78 is 3.25. The van der Waals surface area contributed by atoms with Gasteiger partial charge in [0, 0.05) is 12.8 Å². The summed E-state index contributed by atoms with van der Waals surface area (Å²) in [6.45, 7) is 4.36. The van der Waals surface area contributed by atoms with Crippen LogP contribution in [0, 0.1) is 0 Å². The van der Waals surface area contributed by atoms with Crippen molar-refractivity contribution in [2.24, 2.45) is 0 Å². The van der Waals surface area contributed by atoms with Crippen LogP contribution in [0.4, 0.5) is 0 Å². The predicted molar refractivity (Wildman–Crippen MR) is 83.0 cm³/mol. The van der Waals surface area contributed by atoms with Gasteiger partial charge in [-0.3, -0.25) is 9.20 Å². The number of aliphatic carboxylic acids is 1. The van der Waals surface area contributed by atoms with Crippen molar-refractivity contribution in [2.75, 3.05) is 0 Å². The smallest absolute Gasteiger partial charge is 0.303 e. The molecule has 0 aliphatic heterocycles. The topological polar surface area (TPSA) is 67.5 Å². The molecule has 0 bridgehead atoms. The quantitative estimate of drug-likeness (QED) is 0.783. The highest BCUT2D eigenvalue weighted by atomic mass is 32.1. The van der Waals surface area contributed by atoms with Crippen molar-refractivity contribution < 1.29 is 9.90 Å². The van der Waals surface area contributed by atoms with Gasteiger partial charge in [-0.05, 0) is 30.0 Å². The average molecular weight is 303 g/mol. The van der Waals surface area contributed by atoms with Crippen LogP contribution in [0.2, 0.25) is 0 Å². The molecular formula is C15H17N3O2S. The van der Waals surface area contributed by atoms with Gasteiger partial charge >= 0.3 is 5.97 Å². The number of rotatable bonds is 5. The number of benzene rings is 1. The molecule has 6 heteroatoms. The van der Waals surface area contributed by atoms with Crippen molar-refractivity contribution in [3.05, 3.63) is 29.6 Å². The molecule has 1 aromatic carbocycles. The molecule has 1 N–H and O–H groups in total. The first-order chi connectivity index (χ1) is 10.1. The number of carboxylic acid groups (broad SMARTS) is 1. The van der Waals surface area contributed by atoms with Gasteiger partial charge in [-0.25, -0.2) is 0 Å². The maximum absolute atomic E-state index is 10.6. The van der Waals surface area contributed by atoms with E-state index in [0.717, 1.165) is 16.3 Å². The van der Waals surface area contributed by atoms with E-state index in [9.17, 15) is 4.79 Å². The van der Waals surface area contributed by atoms with Crippen LogP contribution >= 0.6 is 11.3 Å². The predicted octanol–water partition coefficient (Wildman–Crippen LogP) is 3.47. The number of fused-ring (bicyclic) bond motifs is 3. The summed E-state index contributed by atoms with van der Waals surface area (Å²) in [5, 5.41) is 17.1. The lowest BCUT2D eigenvalue weighted by Crippen LogP contribution is -1.99. The van der Waals surface area contributed by atoms with Crippen LogP contribution in [0.3, 0.4) is 0 Å². The highest BCUT2D eigenvalue weighted by Gasteiger charge is 2.13. The molecule has 2 aromatic heterocycles. The third kappa shape index (κ3) is 2.63. The van der Waals surface area contributed by atoms with E-state index in [1.807, 2.05) is 4.40 Å². The summed E-state index contributed by atoms with van der Waals surface area (Å²) in [6, 6.07) is 6.46. The lowest BCUT2D eigenvalue weighted by molar-refractivity contribution is -0.137. The van der Waals surface area contributed by atoms with Crippen LogP contribution in [0.5, 0.6) is 0 Å². The minimum absolute atomic E-state index is 0.161. The Kier molecular flexibility index (Phi) is 3.63. The second kappa shape index (κ2) is 5.44. The Morgan fingerprint density at radius 1 is 1.38 bits per heavy atom. The van der Waals surface area contributed by atoms with Gasteiger partial charge in [0.15, 0.2) is 0 Å². The summed E-state index contributed by atoms with van der Waals surface area (Å²) in [4.78, 5) is 11.5. The van der Waals surface area contributed by atoms with Crippen molar-refractivity contribution in [1.29, 1.82) is 0 Å². The molecule has 0 spiro atoms. The fourth-order valence-corrected chi connectivity index (χ4v) is 3.45. The molecule has 3 rings (SSSR count). The molecule has 0 saturated carbocycles. The average Bonchev–Trinajstić information content (AvgIpc) is 2.97. The van der Waals surface area contributed by atoms with E-state index in [1.165, 1.54) is 10.3 Å². The van der Waals surface area contributed by atoms with E-state index in [-0.39, 0.29) is 6.42 Å². The molecule has 0 fully saturated rings. The molecular weight excluding hydrogens is 286 g/mol. The van der Waals surface area contributed by atoms with E-state index in [1.54, 1.807) is 11.3 Å². The summed E-state index contributed by atoms with van der Waals surface area (Å²) in [6.07, 6.45) is 1.37. The van der Waals surface area contributed by atoms with Crippen molar-refractivity contribution in [3.8, 4) is 0 Å². The first-order valence-corrected chi connectivity index (χ1v) is 7.86. The highest BCUT2D eigenvalue weighted by Crippen LogP contribution is 2.29. The van der Waals surface area contributed by atoms with Gasteiger partial charge in [0.1, 0.15) is 5.82 Å². The van der Waals surface area contributed by atoms with Gasteiger partial charge in [0.05, 0.1) is 10.2 Å². The summed E-state index contributed by atoms with van der Waals surface area (Å²) in [7, 11) is 0. The van der Waals surface area contributed by atoms with Crippen molar-refractivity contribution in [3.63, 3.8) is 0 Å². The Morgan fingerprint density at radius 2 is 2.19 bits per heavy atom. The van der Waals surface area contributed by atoms with Gasteiger partial charge in [0.25, 0.3) is 0 Å². The van der Waals surface area contributed by atoms with E-state index < -0.39 is 5.97 Å². The van der Waals surface area contributed by atoms with Crippen molar-refractivity contribution >= 4 is 32.5 Å². The van der Waals surface area contributed by atoms with E-state index >= 15 is 0 Å². The fraction of sp³-hybridized carbons (Fsp3) is 0.400. The maximum atomic E-state index is 10.6. The minimum atomic E-state index is -0.771. The molecule has 110 valence electrons. The third-order valence-electron chi connectivity index (χ3n) is 3.58. The molecule has 0 unspecified atom stereocenters. The molecule has 0 radical (unpaired) electrons. The van der Waals surface area contributed by atoms with Gasteiger partial charge < -0.3 is 5.11 Å². The van der Waals surface area contributed by atoms with Crippen molar-refractivity contribution in [2.45, 2.75) is 39.0 Å². The zero-order valence-corrected chi connectivity index (χ0v) is 12.9. The Balaban J connectivity index is 1.99. The number of hydrogen-bond donors (Lipinski definition) is 1. The minimum Gasteiger partial charge on any atom is -0.481 e. The third-order valence-corrected chi connectivity index (χ3v) is 4.58. The number of thiazole rings is 1. The van der Waals surface area contributed by atoms with Gasteiger partial charge in [-0.2, -0.15) is 0 Å². The number of aryl methyl sites for hydroxylation is 1. The van der Waals surface area contributed by atoms with Gasteiger partial charge in [-0.1, -0.05) is 31.3 Å². The number of aromatic nitrogens is 3. The van der Waals surface area contributed by atoms with Crippen LogP contribution in [-0.4, -0.2) is 25.7 Å². The zero-order valence-electron chi connectivity index (χ0n) is 12.0. The Bertz CT molecular complexity index is 804. The monoisotopic (exact) mass is 303 g/mol. The van der Waals surface area contributed by atoms with E-state index in [2.05, 4.69) is 42.2 Å². The lowest BCUT2D eigenvalue weighted by Gasteiger charge is -2.04. The van der Waals surface area contributed by atoms with Gasteiger partial charge in [-0.15, -0.1) is 10.2 Å². The highest BCUT2D eigenvalue weighted by molar-refractivity contribution is 7.23. The summed E-state index contributed by atoms with van der Waals surface area (Å²) in [5.41, 5.74) is 2.42. The summed E-state index contributed by atoms with van der Waals surface area (Å²) >= 11 is 1.63. The van der Waals surface area contributed by atoms with Crippen LogP contribution < -0.4 is 0 Å². The fourth-order valence-electron chi connectivity index (χ4n) is 2.42. The zero-order chi connectivity index (χ0) is 15.0. The first kappa shape index (κ1) is 14.0. The van der Waals surface area contributed by atoms with Crippen LogP contribution in [0.15, 0.2) is 18.2 Å². The second-order valence-electron chi connectivity index (χ2n) is 5.47. The molecule has 2 heterocycles. The van der Waals surface area contributed by atoms with Crippen LogP contribution in [0.1, 0.15) is 44.0 Å². The number of carboxylic acids is 1. The Hall–Kier alpha value is -1.95. The van der Waals surface area contributed by atoms with Gasteiger partial charge in [0.2, 0.25) is 4.96 Å². The molecule has 0 amide bonds. The van der Waals surface area contributed by atoms with Crippen LogP contribution in [0.25, 0.3) is 15.2 Å². The second-order valence-corrected chi connectivity index (χ2v) is 6.47. The Morgan fingerprint density at radius 3 is 2.90 bits per heavy atom. The number of nitrogens with zero attached hydrogens (tertiary/aromatic N) is 3.